The third-order valence-corrected chi connectivity index (χ3v) is 7.60. The lowest BCUT2D eigenvalue weighted by atomic mass is 9.93. The summed E-state index contributed by atoms with van der Waals surface area (Å²) in [4.78, 5) is 40.2. The fourth-order valence-electron chi connectivity index (χ4n) is 5.35. The Morgan fingerprint density at radius 1 is 0.907 bits per heavy atom. The van der Waals surface area contributed by atoms with E-state index in [2.05, 4.69) is 10.6 Å². The number of nitrogens with zero attached hydrogens (tertiary/aromatic N) is 1. The van der Waals surface area contributed by atoms with E-state index in [1.54, 1.807) is 12.1 Å². The number of alkyl carbamates (subject to hydrolysis) is 1. The van der Waals surface area contributed by atoms with Crippen molar-refractivity contribution >= 4 is 23.8 Å². The van der Waals surface area contributed by atoms with Crippen LogP contribution in [0.25, 0.3) is 0 Å². The number of para-hydroxylation sites is 1. The summed E-state index contributed by atoms with van der Waals surface area (Å²) >= 11 is 0. The molecule has 5 rings (SSSR count). The zero-order valence-electron chi connectivity index (χ0n) is 23.8. The SMILES string of the molecule is O=C(N[C@@H](Cc1ccccc1)C(O)C[C@H](Cc1ccccc1)NC(=O)[C@@H]1CN(c2ccccc2)C(=O)O1)OC1CCOC1. The number of amides is 3. The second kappa shape index (κ2) is 14.7. The van der Waals surface area contributed by atoms with Crippen LogP contribution in [0.4, 0.5) is 15.3 Å². The molecule has 10 nitrogen and oxygen atoms in total. The minimum Gasteiger partial charge on any atom is -0.444 e. The maximum absolute atomic E-state index is 13.4. The Labute approximate surface area is 250 Å². The Kier molecular flexibility index (Phi) is 10.2. The molecular weight excluding hydrogens is 550 g/mol. The van der Waals surface area contributed by atoms with E-state index in [0.717, 1.165) is 11.1 Å². The van der Waals surface area contributed by atoms with Crippen LogP contribution >= 0.6 is 0 Å². The fourth-order valence-corrected chi connectivity index (χ4v) is 5.35. The number of benzene rings is 3. The quantitative estimate of drug-likeness (QED) is 0.296. The molecule has 226 valence electrons. The summed E-state index contributed by atoms with van der Waals surface area (Å²) < 4.78 is 16.2. The van der Waals surface area contributed by atoms with Crippen molar-refractivity contribution in [3.63, 3.8) is 0 Å². The van der Waals surface area contributed by atoms with Gasteiger partial charge >= 0.3 is 12.2 Å². The summed E-state index contributed by atoms with van der Waals surface area (Å²) in [5.74, 6) is -0.451. The van der Waals surface area contributed by atoms with Gasteiger partial charge in [0.2, 0.25) is 0 Å². The van der Waals surface area contributed by atoms with E-state index >= 15 is 0 Å². The smallest absolute Gasteiger partial charge is 0.415 e. The third-order valence-electron chi connectivity index (χ3n) is 7.60. The van der Waals surface area contributed by atoms with Gasteiger partial charge in [0.15, 0.2) is 6.10 Å². The van der Waals surface area contributed by atoms with Gasteiger partial charge in [-0.25, -0.2) is 9.59 Å². The minimum absolute atomic E-state index is 0.0736. The molecule has 2 unspecified atom stereocenters. The van der Waals surface area contributed by atoms with Crippen LogP contribution in [0.1, 0.15) is 24.0 Å². The number of hydrogen-bond acceptors (Lipinski definition) is 7. The normalized spacial score (nSPS) is 20.1. The first-order chi connectivity index (χ1) is 20.9. The first-order valence-electron chi connectivity index (χ1n) is 14.6. The van der Waals surface area contributed by atoms with Crippen LogP contribution in [0.15, 0.2) is 91.0 Å². The predicted molar refractivity (Wildman–Crippen MR) is 160 cm³/mol. The largest absolute Gasteiger partial charge is 0.444 e. The van der Waals surface area contributed by atoms with E-state index in [9.17, 15) is 19.5 Å². The maximum atomic E-state index is 13.4. The molecule has 5 atom stereocenters. The van der Waals surface area contributed by atoms with Crippen molar-refractivity contribution in [2.75, 3.05) is 24.7 Å². The number of rotatable bonds is 12. The molecule has 0 saturated carbocycles. The van der Waals surface area contributed by atoms with Crippen LogP contribution in [0.5, 0.6) is 0 Å². The summed E-state index contributed by atoms with van der Waals surface area (Å²) in [7, 11) is 0. The molecule has 43 heavy (non-hydrogen) atoms. The van der Waals surface area contributed by atoms with Crippen molar-refractivity contribution in [3.05, 3.63) is 102 Å². The molecule has 0 spiro atoms. The van der Waals surface area contributed by atoms with E-state index in [1.807, 2.05) is 78.9 Å². The van der Waals surface area contributed by atoms with E-state index in [0.29, 0.717) is 38.2 Å². The topological polar surface area (TPSA) is 126 Å². The zero-order valence-corrected chi connectivity index (χ0v) is 23.8. The summed E-state index contributed by atoms with van der Waals surface area (Å²) in [6.45, 7) is 0.955. The van der Waals surface area contributed by atoms with Gasteiger partial charge in [0.05, 0.1) is 31.9 Å². The van der Waals surface area contributed by atoms with Crippen molar-refractivity contribution < 1.29 is 33.7 Å². The molecule has 0 aliphatic carbocycles. The van der Waals surface area contributed by atoms with Gasteiger partial charge in [-0.05, 0) is 42.5 Å². The lowest BCUT2D eigenvalue weighted by Gasteiger charge is -2.29. The molecule has 2 saturated heterocycles. The monoisotopic (exact) mass is 587 g/mol. The number of nitrogens with one attached hydrogen (secondary N) is 2. The molecule has 0 radical (unpaired) electrons. The molecule has 10 heteroatoms. The number of carbonyl (C=O) groups excluding carboxylic acids is 3. The van der Waals surface area contributed by atoms with Gasteiger partial charge in [-0.3, -0.25) is 9.69 Å². The number of carbonyl (C=O) groups is 3. The molecule has 3 aromatic rings. The standard InChI is InChI=1S/C33H37N3O7/c37-29(28(19-24-12-6-2-7-13-24)35-32(39)42-27-16-17-41-22-27)20-25(18-23-10-4-1-5-11-23)34-31(38)30-21-36(33(40)43-30)26-14-8-3-9-15-26/h1-15,25,27-30,37H,16-22H2,(H,34,38)(H,35,39)/t25-,27?,28-,29?,30-/m0/s1. The summed E-state index contributed by atoms with van der Waals surface area (Å²) in [6.07, 6.45) is -2.05. The Morgan fingerprint density at radius 2 is 1.53 bits per heavy atom. The van der Waals surface area contributed by atoms with Crippen LogP contribution in [-0.4, -0.2) is 73.4 Å². The van der Waals surface area contributed by atoms with Crippen molar-refractivity contribution in [3.8, 4) is 0 Å². The highest BCUT2D eigenvalue weighted by Crippen LogP contribution is 2.22. The highest BCUT2D eigenvalue weighted by atomic mass is 16.6. The number of aliphatic hydroxyl groups is 1. The molecule has 0 bridgehead atoms. The number of anilines is 1. The van der Waals surface area contributed by atoms with Crippen molar-refractivity contribution in [2.24, 2.45) is 0 Å². The van der Waals surface area contributed by atoms with Gasteiger partial charge in [0.25, 0.3) is 5.91 Å². The molecule has 3 N–H and O–H groups in total. The van der Waals surface area contributed by atoms with Crippen LogP contribution in [0, 0.1) is 0 Å². The number of ether oxygens (including phenoxy) is 3. The average molecular weight is 588 g/mol. The van der Waals surface area contributed by atoms with E-state index in [-0.39, 0.29) is 19.1 Å². The molecular formula is C33H37N3O7. The van der Waals surface area contributed by atoms with Crippen LogP contribution in [0.3, 0.4) is 0 Å². The fraction of sp³-hybridized carbons (Fsp3) is 0.364. The maximum Gasteiger partial charge on any atom is 0.415 e. The highest BCUT2D eigenvalue weighted by molar-refractivity contribution is 5.95. The summed E-state index contributed by atoms with van der Waals surface area (Å²) in [6, 6.07) is 27.0. The summed E-state index contributed by atoms with van der Waals surface area (Å²) in [5.41, 5.74) is 2.53. The van der Waals surface area contributed by atoms with Gasteiger partial charge in [0.1, 0.15) is 6.10 Å². The van der Waals surface area contributed by atoms with Crippen LogP contribution < -0.4 is 15.5 Å². The lowest BCUT2D eigenvalue weighted by molar-refractivity contribution is -0.128. The lowest BCUT2D eigenvalue weighted by Crippen LogP contribution is -2.50. The Balaban J connectivity index is 1.28. The van der Waals surface area contributed by atoms with E-state index < -0.39 is 42.4 Å². The average Bonchev–Trinajstić information content (AvgIpc) is 3.68. The van der Waals surface area contributed by atoms with Crippen LogP contribution in [0.2, 0.25) is 0 Å². The highest BCUT2D eigenvalue weighted by Gasteiger charge is 2.38. The Hall–Kier alpha value is -4.41. The molecule has 0 aromatic heterocycles. The first-order valence-corrected chi connectivity index (χ1v) is 14.6. The van der Waals surface area contributed by atoms with Gasteiger partial charge in [0, 0.05) is 18.2 Å². The third kappa shape index (κ3) is 8.56. The molecule has 2 aliphatic rings. The van der Waals surface area contributed by atoms with Gasteiger partial charge in [-0.15, -0.1) is 0 Å². The zero-order chi connectivity index (χ0) is 30.0. The molecule has 3 aromatic carbocycles. The van der Waals surface area contributed by atoms with Crippen molar-refractivity contribution in [1.82, 2.24) is 10.6 Å². The van der Waals surface area contributed by atoms with E-state index in [4.69, 9.17) is 14.2 Å². The predicted octanol–water partition coefficient (Wildman–Crippen LogP) is 3.62. The minimum atomic E-state index is -1.03. The van der Waals surface area contributed by atoms with Gasteiger partial charge < -0.3 is 30.0 Å². The Morgan fingerprint density at radius 3 is 2.16 bits per heavy atom. The van der Waals surface area contributed by atoms with Crippen LogP contribution in [-0.2, 0) is 31.8 Å². The van der Waals surface area contributed by atoms with Crippen molar-refractivity contribution in [1.29, 1.82) is 0 Å². The molecule has 2 fully saturated rings. The van der Waals surface area contributed by atoms with Gasteiger partial charge in [-0.2, -0.15) is 0 Å². The number of cyclic esters (lactones) is 1. The second-order valence-corrected chi connectivity index (χ2v) is 10.8. The number of hydrogen-bond donors (Lipinski definition) is 3. The molecule has 2 heterocycles. The summed E-state index contributed by atoms with van der Waals surface area (Å²) in [5, 5.41) is 17.3. The second-order valence-electron chi connectivity index (χ2n) is 10.8. The van der Waals surface area contributed by atoms with Gasteiger partial charge in [-0.1, -0.05) is 78.9 Å². The number of aliphatic hydroxyl groups excluding tert-OH is 1. The first kappa shape index (κ1) is 30.1. The van der Waals surface area contributed by atoms with Crippen molar-refractivity contribution in [2.45, 2.75) is 56.1 Å². The van der Waals surface area contributed by atoms with E-state index in [1.165, 1.54) is 4.90 Å². The molecule has 3 amide bonds. The molecule has 2 aliphatic heterocycles. The Bertz CT molecular complexity index is 1340.